The van der Waals surface area contributed by atoms with Crippen LogP contribution < -0.4 is 10.6 Å². The van der Waals surface area contributed by atoms with Crippen molar-refractivity contribution >= 4 is 44.9 Å². The van der Waals surface area contributed by atoms with E-state index in [9.17, 15) is 0 Å². The number of hydrogen-bond donors (Lipinski definition) is 2. The lowest BCUT2D eigenvalue weighted by Gasteiger charge is -2.14. The molecule has 0 unspecified atom stereocenters. The van der Waals surface area contributed by atoms with Crippen molar-refractivity contribution in [3.8, 4) is 0 Å². The summed E-state index contributed by atoms with van der Waals surface area (Å²) in [5.41, 5.74) is 2.95. The fourth-order valence-corrected chi connectivity index (χ4v) is 2.66. The zero-order valence-corrected chi connectivity index (χ0v) is 13.9. The first-order chi connectivity index (χ1) is 9.56. The summed E-state index contributed by atoms with van der Waals surface area (Å²) in [4.78, 5) is 8.54. The normalized spacial score (nSPS) is 10.4. The second-order valence-corrected chi connectivity index (χ2v) is 5.62. The number of nitrogens with zero attached hydrogens (tertiary/aromatic N) is 2. The van der Waals surface area contributed by atoms with Gasteiger partial charge in [0.2, 0.25) is 0 Å². The summed E-state index contributed by atoms with van der Waals surface area (Å²) < 4.78 is 0.950. The summed E-state index contributed by atoms with van der Waals surface area (Å²) in [5.74, 6) is 1.62. The SMILES string of the molecule is CCc1c(NC)ncnc1Nc1cc(Cl)c(C)cc1Br. The van der Waals surface area contributed by atoms with Crippen LogP contribution in [0, 0.1) is 6.92 Å². The van der Waals surface area contributed by atoms with E-state index in [4.69, 9.17) is 11.6 Å². The van der Waals surface area contributed by atoms with Crippen LogP contribution in [0.3, 0.4) is 0 Å². The van der Waals surface area contributed by atoms with Gasteiger partial charge in [-0.2, -0.15) is 0 Å². The van der Waals surface area contributed by atoms with Gasteiger partial charge in [-0.3, -0.25) is 0 Å². The van der Waals surface area contributed by atoms with E-state index in [1.807, 2.05) is 26.1 Å². The summed E-state index contributed by atoms with van der Waals surface area (Å²) in [6.07, 6.45) is 2.37. The minimum Gasteiger partial charge on any atom is -0.373 e. The molecule has 0 atom stereocenters. The van der Waals surface area contributed by atoms with E-state index in [0.717, 1.165) is 44.4 Å². The van der Waals surface area contributed by atoms with Gasteiger partial charge in [0, 0.05) is 22.1 Å². The van der Waals surface area contributed by atoms with Gasteiger partial charge in [-0.1, -0.05) is 18.5 Å². The number of halogens is 2. The molecule has 0 bridgehead atoms. The number of benzene rings is 1. The highest BCUT2D eigenvalue weighted by atomic mass is 79.9. The van der Waals surface area contributed by atoms with Gasteiger partial charge in [0.25, 0.3) is 0 Å². The first-order valence-corrected chi connectivity index (χ1v) is 7.48. The molecular formula is C14H16BrClN4. The van der Waals surface area contributed by atoms with Crippen LogP contribution in [0.15, 0.2) is 22.9 Å². The van der Waals surface area contributed by atoms with Crippen LogP contribution in [0.5, 0.6) is 0 Å². The standard InChI is InChI=1S/C14H16BrClN4/c1-4-9-13(17-3)18-7-19-14(9)20-12-6-11(16)8(2)5-10(12)15/h5-7H,4H2,1-3H3,(H2,17,18,19,20). The first kappa shape index (κ1) is 15.1. The number of aryl methyl sites for hydroxylation is 1. The Hall–Kier alpha value is -1.33. The third kappa shape index (κ3) is 3.04. The van der Waals surface area contributed by atoms with Gasteiger partial charge >= 0.3 is 0 Å². The van der Waals surface area contributed by atoms with Crippen molar-refractivity contribution in [2.45, 2.75) is 20.3 Å². The molecule has 1 aromatic carbocycles. The van der Waals surface area contributed by atoms with Gasteiger partial charge in [-0.05, 0) is 47.0 Å². The second-order valence-electron chi connectivity index (χ2n) is 4.36. The Bertz CT molecular complexity index is 631. The molecular weight excluding hydrogens is 340 g/mol. The van der Waals surface area contributed by atoms with E-state index in [1.54, 1.807) is 0 Å². The molecule has 0 amide bonds. The van der Waals surface area contributed by atoms with Crippen LogP contribution in [-0.4, -0.2) is 17.0 Å². The average molecular weight is 356 g/mol. The fourth-order valence-electron chi connectivity index (χ4n) is 1.94. The van der Waals surface area contributed by atoms with Crippen LogP contribution >= 0.6 is 27.5 Å². The van der Waals surface area contributed by atoms with Crippen LogP contribution in [0.2, 0.25) is 5.02 Å². The molecule has 0 spiro atoms. The molecule has 2 N–H and O–H groups in total. The van der Waals surface area contributed by atoms with E-state index < -0.39 is 0 Å². The zero-order chi connectivity index (χ0) is 14.7. The largest absolute Gasteiger partial charge is 0.373 e. The Balaban J connectivity index is 2.42. The molecule has 0 aliphatic rings. The molecule has 0 saturated heterocycles. The third-order valence-electron chi connectivity index (χ3n) is 3.04. The molecule has 2 aromatic rings. The first-order valence-electron chi connectivity index (χ1n) is 6.31. The molecule has 1 heterocycles. The molecule has 0 fully saturated rings. The second kappa shape index (κ2) is 6.41. The summed E-state index contributed by atoms with van der Waals surface area (Å²) >= 11 is 9.72. The van der Waals surface area contributed by atoms with Crippen LogP contribution in [0.25, 0.3) is 0 Å². The Morgan fingerprint density at radius 1 is 1.25 bits per heavy atom. The highest BCUT2D eigenvalue weighted by Gasteiger charge is 2.11. The molecule has 2 rings (SSSR count). The number of aromatic nitrogens is 2. The Labute approximate surface area is 132 Å². The number of nitrogens with one attached hydrogen (secondary N) is 2. The lowest BCUT2D eigenvalue weighted by molar-refractivity contribution is 1.05. The van der Waals surface area contributed by atoms with Gasteiger partial charge in [0.15, 0.2) is 0 Å². The number of anilines is 3. The lowest BCUT2D eigenvalue weighted by Crippen LogP contribution is -2.05. The molecule has 0 aliphatic carbocycles. The van der Waals surface area contributed by atoms with Crippen LogP contribution in [0.4, 0.5) is 17.3 Å². The lowest BCUT2D eigenvalue weighted by atomic mass is 10.2. The van der Waals surface area contributed by atoms with E-state index in [0.29, 0.717) is 0 Å². The molecule has 6 heteroatoms. The predicted octanol–water partition coefficient (Wildman–Crippen LogP) is 4.55. The molecule has 106 valence electrons. The topological polar surface area (TPSA) is 49.8 Å². The van der Waals surface area contributed by atoms with E-state index in [2.05, 4.69) is 43.5 Å². The van der Waals surface area contributed by atoms with Crippen molar-refractivity contribution in [1.82, 2.24) is 9.97 Å². The molecule has 20 heavy (non-hydrogen) atoms. The summed E-state index contributed by atoms with van der Waals surface area (Å²) in [6.45, 7) is 4.04. The Morgan fingerprint density at radius 2 is 1.95 bits per heavy atom. The Kier molecular flexibility index (Phi) is 4.83. The minimum atomic E-state index is 0.719. The average Bonchev–Trinajstić information content (AvgIpc) is 2.44. The van der Waals surface area contributed by atoms with Gasteiger partial charge < -0.3 is 10.6 Å². The fraction of sp³-hybridized carbons (Fsp3) is 0.286. The number of rotatable bonds is 4. The number of hydrogen-bond acceptors (Lipinski definition) is 4. The molecule has 1 aromatic heterocycles. The zero-order valence-electron chi connectivity index (χ0n) is 11.6. The van der Waals surface area contributed by atoms with Crippen LogP contribution in [0.1, 0.15) is 18.1 Å². The van der Waals surface area contributed by atoms with Crippen molar-refractivity contribution in [2.75, 3.05) is 17.7 Å². The quantitative estimate of drug-likeness (QED) is 0.845. The predicted molar refractivity (Wildman–Crippen MR) is 88.1 cm³/mol. The van der Waals surface area contributed by atoms with E-state index >= 15 is 0 Å². The Morgan fingerprint density at radius 3 is 2.60 bits per heavy atom. The maximum atomic E-state index is 6.18. The van der Waals surface area contributed by atoms with E-state index in [-0.39, 0.29) is 0 Å². The third-order valence-corrected chi connectivity index (χ3v) is 4.10. The highest BCUT2D eigenvalue weighted by Crippen LogP contribution is 2.32. The van der Waals surface area contributed by atoms with Gasteiger partial charge in [0.1, 0.15) is 18.0 Å². The van der Waals surface area contributed by atoms with Crippen molar-refractivity contribution in [3.63, 3.8) is 0 Å². The van der Waals surface area contributed by atoms with Crippen molar-refractivity contribution < 1.29 is 0 Å². The summed E-state index contributed by atoms with van der Waals surface area (Å²) in [6, 6.07) is 3.87. The maximum Gasteiger partial charge on any atom is 0.139 e. The van der Waals surface area contributed by atoms with E-state index in [1.165, 1.54) is 6.33 Å². The molecule has 0 saturated carbocycles. The van der Waals surface area contributed by atoms with Crippen LogP contribution in [-0.2, 0) is 6.42 Å². The molecule has 0 aliphatic heterocycles. The minimum absolute atomic E-state index is 0.719. The van der Waals surface area contributed by atoms with Crippen molar-refractivity contribution in [3.05, 3.63) is 39.1 Å². The van der Waals surface area contributed by atoms with Crippen molar-refractivity contribution in [2.24, 2.45) is 0 Å². The van der Waals surface area contributed by atoms with Gasteiger partial charge in [-0.15, -0.1) is 0 Å². The smallest absolute Gasteiger partial charge is 0.139 e. The monoisotopic (exact) mass is 354 g/mol. The highest BCUT2D eigenvalue weighted by molar-refractivity contribution is 9.10. The molecule has 0 radical (unpaired) electrons. The van der Waals surface area contributed by atoms with Gasteiger partial charge in [0.05, 0.1) is 5.69 Å². The molecule has 4 nitrogen and oxygen atoms in total. The summed E-state index contributed by atoms with van der Waals surface area (Å²) in [5, 5.41) is 7.11. The summed E-state index contributed by atoms with van der Waals surface area (Å²) in [7, 11) is 1.85. The van der Waals surface area contributed by atoms with Crippen molar-refractivity contribution in [1.29, 1.82) is 0 Å². The van der Waals surface area contributed by atoms with Gasteiger partial charge in [-0.25, -0.2) is 9.97 Å². The maximum absolute atomic E-state index is 6.18.